The highest BCUT2D eigenvalue weighted by molar-refractivity contribution is 5.15. The Morgan fingerprint density at radius 3 is 2.74 bits per heavy atom. The maximum Gasteiger partial charge on any atom is 0.0284 e. The van der Waals surface area contributed by atoms with Gasteiger partial charge in [-0.2, -0.15) is 0 Å². The van der Waals surface area contributed by atoms with Gasteiger partial charge in [-0.15, -0.1) is 0 Å². The van der Waals surface area contributed by atoms with Crippen LogP contribution in [0, 0.1) is 0 Å². The van der Waals surface area contributed by atoms with Crippen LogP contribution in [0.15, 0.2) is 30.3 Å². The number of nitrogens with zero attached hydrogens (tertiary/aromatic N) is 2. The van der Waals surface area contributed by atoms with Gasteiger partial charge >= 0.3 is 0 Å². The van der Waals surface area contributed by atoms with Gasteiger partial charge in [-0.1, -0.05) is 36.8 Å². The van der Waals surface area contributed by atoms with Crippen LogP contribution in [0.25, 0.3) is 0 Å². The minimum atomic E-state index is 0.295. The van der Waals surface area contributed by atoms with Crippen LogP contribution < -0.4 is 0 Å². The Hall–Kier alpha value is -0.860. The summed E-state index contributed by atoms with van der Waals surface area (Å²) in [5.41, 5.74) is 1.74. The number of fused-ring (bicyclic) bond motifs is 1. The van der Waals surface area contributed by atoms with Crippen molar-refractivity contribution in [1.29, 1.82) is 0 Å². The summed E-state index contributed by atoms with van der Waals surface area (Å²) in [4.78, 5) is 5.42. The third-order valence-corrected chi connectivity index (χ3v) is 4.84. The topological polar surface area (TPSA) is 6.48 Å². The molecular weight excluding hydrogens is 232 g/mol. The molecule has 0 saturated carbocycles. The lowest BCUT2D eigenvalue weighted by Gasteiger charge is -2.53. The highest BCUT2D eigenvalue weighted by Crippen LogP contribution is 2.30. The molecule has 19 heavy (non-hydrogen) atoms. The van der Waals surface area contributed by atoms with E-state index in [-0.39, 0.29) is 0 Å². The smallest absolute Gasteiger partial charge is 0.0284 e. The average molecular weight is 258 g/mol. The highest BCUT2D eigenvalue weighted by Gasteiger charge is 2.39. The first-order valence-electron chi connectivity index (χ1n) is 7.68. The van der Waals surface area contributed by atoms with Crippen LogP contribution in [0.5, 0.6) is 0 Å². The summed E-state index contributed by atoms with van der Waals surface area (Å²) in [6.45, 7) is 9.68. The van der Waals surface area contributed by atoms with E-state index >= 15 is 0 Å². The van der Waals surface area contributed by atoms with E-state index in [1.807, 2.05) is 0 Å². The molecule has 1 unspecified atom stereocenters. The van der Waals surface area contributed by atoms with E-state index < -0.39 is 0 Å². The molecule has 1 aromatic rings. The Labute approximate surface area is 117 Å². The van der Waals surface area contributed by atoms with Gasteiger partial charge in [0.2, 0.25) is 0 Å². The van der Waals surface area contributed by atoms with E-state index in [0.29, 0.717) is 5.54 Å². The molecule has 0 amide bonds. The van der Waals surface area contributed by atoms with Crippen molar-refractivity contribution in [3.8, 4) is 0 Å². The number of hydrogen-bond donors (Lipinski definition) is 0. The zero-order valence-corrected chi connectivity index (χ0v) is 12.3. The molecular formula is C17H26N2. The number of piperidine rings is 1. The SMILES string of the molecule is CC1(C)CN2CCCCC2CN1Cc1ccccc1. The van der Waals surface area contributed by atoms with Crippen LogP contribution in [0.3, 0.4) is 0 Å². The Morgan fingerprint density at radius 2 is 1.95 bits per heavy atom. The standard InChI is InChI=1S/C17H26N2/c1-17(2)14-18-11-7-6-10-16(18)13-19(17)12-15-8-4-3-5-9-15/h3-5,8-9,16H,6-7,10-14H2,1-2H3. The van der Waals surface area contributed by atoms with Crippen molar-refractivity contribution >= 4 is 0 Å². The molecule has 2 saturated heterocycles. The Kier molecular flexibility index (Phi) is 3.64. The summed E-state index contributed by atoms with van der Waals surface area (Å²) >= 11 is 0. The van der Waals surface area contributed by atoms with Crippen molar-refractivity contribution in [1.82, 2.24) is 9.80 Å². The molecule has 1 aromatic carbocycles. The van der Waals surface area contributed by atoms with Crippen molar-refractivity contribution in [2.24, 2.45) is 0 Å². The second kappa shape index (κ2) is 5.26. The quantitative estimate of drug-likeness (QED) is 0.804. The van der Waals surface area contributed by atoms with Gasteiger partial charge in [-0.05, 0) is 38.8 Å². The molecule has 2 heterocycles. The second-order valence-corrected chi connectivity index (χ2v) is 6.80. The van der Waals surface area contributed by atoms with Crippen LogP contribution in [0.4, 0.5) is 0 Å². The molecule has 0 bridgehead atoms. The lowest BCUT2D eigenvalue weighted by molar-refractivity contribution is -0.0367. The molecule has 2 aliphatic rings. The predicted octanol–water partition coefficient (Wildman–Crippen LogP) is 3.14. The van der Waals surface area contributed by atoms with Gasteiger partial charge in [0.25, 0.3) is 0 Å². The summed E-state index contributed by atoms with van der Waals surface area (Å²) in [5, 5.41) is 0. The van der Waals surface area contributed by atoms with Crippen LogP contribution >= 0.6 is 0 Å². The third kappa shape index (κ3) is 2.85. The Morgan fingerprint density at radius 1 is 1.16 bits per heavy atom. The first-order chi connectivity index (χ1) is 9.15. The van der Waals surface area contributed by atoms with Crippen molar-refractivity contribution in [2.45, 2.75) is 51.2 Å². The van der Waals surface area contributed by atoms with E-state index in [1.54, 1.807) is 0 Å². The summed E-state index contributed by atoms with van der Waals surface area (Å²) < 4.78 is 0. The average Bonchev–Trinajstić information content (AvgIpc) is 2.40. The van der Waals surface area contributed by atoms with E-state index in [4.69, 9.17) is 0 Å². The summed E-state index contributed by atoms with van der Waals surface area (Å²) in [6, 6.07) is 11.7. The first kappa shape index (κ1) is 13.1. The molecule has 0 N–H and O–H groups in total. The van der Waals surface area contributed by atoms with E-state index in [1.165, 1.54) is 44.5 Å². The third-order valence-electron chi connectivity index (χ3n) is 4.84. The van der Waals surface area contributed by atoms with Crippen LogP contribution in [0.1, 0.15) is 38.7 Å². The largest absolute Gasteiger partial charge is 0.297 e. The minimum Gasteiger partial charge on any atom is -0.297 e. The zero-order valence-electron chi connectivity index (χ0n) is 12.3. The fraction of sp³-hybridized carbons (Fsp3) is 0.647. The monoisotopic (exact) mass is 258 g/mol. The molecule has 2 aliphatic heterocycles. The van der Waals surface area contributed by atoms with E-state index in [2.05, 4.69) is 54.0 Å². The van der Waals surface area contributed by atoms with Crippen molar-refractivity contribution in [3.05, 3.63) is 35.9 Å². The Balaban J connectivity index is 1.73. The summed E-state index contributed by atoms with van der Waals surface area (Å²) in [6.07, 6.45) is 4.20. The van der Waals surface area contributed by atoms with Gasteiger partial charge in [-0.25, -0.2) is 0 Å². The van der Waals surface area contributed by atoms with Crippen molar-refractivity contribution in [2.75, 3.05) is 19.6 Å². The predicted molar refractivity (Wildman–Crippen MR) is 80.1 cm³/mol. The van der Waals surface area contributed by atoms with Gasteiger partial charge in [0, 0.05) is 31.2 Å². The van der Waals surface area contributed by atoms with Crippen molar-refractivity contribution in [3.63, 3.8) is 0 Å². The molecule has 2 fully saturated rings. The lowest BCUT2D eigenvalue weighted by atomic mass is 9.90. The molecule has 2 nitrogen and oxygen atoms in total. The normalized spacial score (nSPS) is 28.0. The van der Waals surface area contributed by atoms with Crippen LogP contribution in [-0.2, 0) is 6.54 Å². The van der Waals surface area contributed by atoms with Crippen LogP contribution in [-0.4, -0.2) is 41.0 Å². The lowest BCUT2D eigenvalue weighted by Crippen LogP contribution is -2.63. The zero-order chi connectivity index (χ0) is 13.3. The molecule has 0 spiro atoms. The number of rotatable bonds is 2. The summed E-state index contributed by atoms with van der Waals surface area (Å²) in [7, 11) is 0. The molecule has 0 radical (unpaired) electrons. The number of benzene rings is 1. The summed E-state index contributed by atoms with van der Waals surface area (Å²) in [5.74, 6) is 0. The Bertz CT molecular complexity index is 413. The second-order valence-electron chi connectivity index (χ2n) is 6.80. The fourth-order valence-corrected chi connectivity index (χ4v) is 3.66. The maximum absolute atomic E-state index is 2.73. The first-order valence-corrected chi connectivity index (χ1v) is 7.68. The molecule has 0 aliphatic carbocycles. The van der Waals surface area contributed by atoms with E-state index in [9.17, 15) is 0 Å². The highest BCUT2D eigenvalue weighted by atomic mass is 15.3. The fourth-order valence-electron chi connectivity index (χ4n) is 3.66. The minimum absolute atomic E-state index is 0.295. The van der Waals surface area contributed by atoms with E-state index in [0.717, 1.165) is 12.6 Å². The number of hydrogen-bond acceptors (Lipinski definition) is 2. The molecule has 1 atom stereocenters. The van der Waals surface area contributed by atoms with Crippen molar-refractivity contribution < 1.29 is 0 Å². The molecule has 0 aromatic heterocycles. The van der Waals surface area contributed by atoms with Gasteiger partial charge in [0.1, 0.15) is 0 Å². The maximum atomic E-state index is 2.73. The van der Waals surface area contributed by atoms with Gasteiger partial charge in [0.05, 0.1) is 0 Å². The number of piperazine rings is 1. The van der Waals surface area contributed by atoms with Gasteiger partial charge in [0.15, 0.2) is 0 Å². The van der Waals surface area contributed by atoms with Gasteiger partial charge < -0.3 is 0 Å². The van der Waals surface area contributed by atoms with Crippen LogP contribution in [0.2, 0.25) is 0 Å². The van der Waals surface area contributed by atoms with Gasteiger partial charge in [-0.3, -0.25) is 9.80 Å². The molecule has 104 valence electrons. The molecule has 2 heteroatoms. The molecule has 3 rings (SSSR count).